The molecule has 0 aromatic heterocycles. The summed E-state index contributed by atoms with van der Waals surface area (Å²) in [7, 11) is 0. The monoisotopic (exact) mass is 275 g/mol. The molecule has 3 heteroatoms. The molecular formula is C17H29N3. The lowest BCUT2D eigenvalue weighted by Gasteiger charge is -2.23. The third kappa shape index (κ3) is 5.14. The zero-order chi connectivity index (χ0) is 14.2. The molecule has 1 aromatic carbocycles. The van der Waals surface area contributed by atoms with Crippen molar-refractivity contribution in [3.8, 4) is 0 Å². The Balaban J connectivity index is 1.77. The van der Waals surface area contributed by atoms with Gasteiger partial charge in [0.2, 0.25) is 0 Å². The van der Waals surface area contributed by atoms with Crippen LogP contribution in [0.1, 0.15) is 38.2 Å². The normalized spacial score (nSPS) is 16.1. The number of nitrogen functional groups attached to an aromatic ring is 1. The van der Waals surface area contributed by atoms with E-state index in [2.05, 4.69) is 34.9 Å². The number of benzene rings is 1. The van der Waals surface area contributed by atoms with Crippen molar-refractivity contribution in [2.75, 3.05) is 38.5 Å². The van der Waals surface area contributed by atoms with Crippen molar-refractivity contribution in [1.82, 2.24) is 9.80 Å². The molecule has 1 fully saturated rings. The van der Waals surface area contributed by atoms with Gasteiger partial charge in [0.05, 0.1) is 0 Å². The van der Waals surface area contributed by atoms with Crippen LogP contribution in [0.5, 0.6) is 0 Å². The molecule has 0 atom stereocenters. The highest BCUT2D eigenvalue weighted by atomic mass is 15.2. The maximum atomic E-state index is 5.87. The lowest BCUT2D eigenvalue weighted by atomic mass is 10.2. The summed E-state index contributed by atoms with van der Waals surface area (Å²) in [6.07, 6.45) is 5.28. The van der Waals surface area contributed by atoms with Gasteiger partial charge in [-0.05, 0) is 76.1 Å². The van der Waals surface area contributed by atoms with Crippen molar-refractivity contribution in [2.24, 2.45) is 0 Å². The van der Waals surface area contributed by atoms with Crippen LogP contribution in [0.15, 0.2) is 24.3 Å². The summed E-state index contributed by atoms with van der Waals surface area (Å²) in [5, 5.41) is 0. The van der Waals surface area contributed by atoms with Crippen molar-refractivity contribution in [3.63, 3.8) is 0 Å². The molecular weight excluding hydrogens is 246 g/mol. The fraction of sp³-hybridized carbons (Fsp3) is 0.647. The molecule has 0 spiro atoms. The van der Waals surface area contributed by atoms with Gasteiger partial charge in [-0.2, -0.15) is 0 Å². The van der Waals surface area contributed by atoms with Crippen molar-refractivity contribution in [2.45, 2.75) is 39.2 Å². The van der Waals surface area contributed by atoms with Gasteiger partial charge in [-0.1, -0.05) is 19.1 Å². The van der Waals surface area contributed by atoms with Crippen LogP contribution in [0.2, 0.25) is 0 Å². The Labute approximate surface area is 123 Å². The molecule has 0 unspecified atom stereocenters. The third-order valence-corrected chi connectivity index (χ3v) is 4.04. The third-order valence-electron chi connectivity index (χ3n) is 4.04. The summed E-state index contributed by atoms with van der Waals surface area (Å²) >= 11 is 0. The zero-order valence-corrected chi connectivity index (χ0v) is 12.9. The van der Waals surface area contributed by atoms with E-state index < -0.39 is 0 Å². The molecule has 0 aliphatic carbocycles. The zero-order valence-electron chi connectivity index (χ0n) is 12.9. The molecule has 1 aromatic rings. The lowest BCUT2D eigenvalue weighted by molar-refractivity contribution is 0.239. The number of hydrogen-bond donors (Lipinski definition) is 1. The summed E-state index contributed by atoms with van der Waals surface area (Å²) in [5.74, 6) is 0. The van der Waals surface area contributed by atoms with E-state index in [4.69, 9.17) is 5.73 Å². The molecule has 2 N–H and O–H groups in total. The van der Waals surface area contributed by atoms with E-state index in [0.29, 0.717) is 0 Å². The number of nitrogens with two attached hydrogens (primary N) is 1. The van der Waals surface area contributed by atoms with E-state index in [1.54, 1.807) is 0 Å². The minimum Gasteiger partial charge on any atom is -0.399 e. The van der Waals surface area contributed by atoms with Gasteiger partial charge in [0.1, 0.15) is 0 Å². The summed E-state index contributed by atoms with van der Waals surface area (Å²) in [4.78, 5) is 5.16. The first-order valence-electron chi connectivity index (χ1n) is 8.07. The SMILES string of the molecule is CCCN(CCCN1CCCC1)Cc1cccc(N)c1. The fourth-order valence-corrected chi connectivity index (χ4v) is 3.06. The van der Waals surface area contributed by atoms with Crippen LogP contribution in [0, 0.1) is 0 Å². The van der Waals surface area contributed by atoms with Crippen LogP contribution in [-0.2, 0) is 6.54 Å². The maximum Gasteiger partial charge on any atom is 0.0317 e. The number of rotatable bonds is 8. The highest BCUT2D eigenvalue weighted by Gasteiger charge is 2.11. The Hall–Kier alpha value is -1.06. The van der Waals surface area contributed by atoms with Crippen LogP contribution >= 0.6 is 0 Å². The van der Waals surface area contributed by atoms with Crippen LogP contribution in [0.4, 0.5) is 5.69 Å². The molecule has 0 amide bonds. The van der Waals surface area contributed by atoms with Gasteiger partial charge >= 0.3 is 0 Å². The van der Waals surface area contributed by atoms with E-state index in [9.17, 15) is 0 Å². The van der Waals surface area contributed by atoms with E-state index in [-0.39, 0.29) is 0 Å². The molecule has 1 heterocycles. The van der Waals surface area contributed by atoms with Crippen molar-refractivity contribution < 1.29 is 0 Å². The molecule has 112 valence electrons. The summed E-state index contributed by atoms with van der Waals surface area (Å²) in [6, 6.07) is 8.29. The van der Waals surface area contributed by atoms with Gasteiger partial charge in [-0.3, -0.25) is 4.90 Å². The summed E-state index contributed by atoms with van der Waals surface area (Å²) < 4.78 is 0. The minimum absolute atomic E-state index is 0.871. The number of nitrogens with zero attached hydrogens (tertiary/aromatic N) is 2. The Morgan fingerprint density at radius 1 is 1.20 bits per heavy atom. The first-order chi connectivity index (χ1) is 9.78. The van der Waals surface area contributed by atoms with Crippen LogP contribution in [0.3, 0.4) is 0 Å². The lowest BCUT2D eigenvalue weighted by Crippen LogP contribution is -2.29. The Bertz CT molecular complexity index is 386. The van der Waals surface area contributed by atoms with E-state index in [0.717, 1.165) is 12.2 Å². The average molecular weight is 275 g/mol. The number of anilines is 1. The Kier molecular flexibility index (Phi) is 6.34. The first kappa shape index (κ1) is 15.3. The second-order valence-electron chi connectivity index (χ2n) is 5.92. The molecule has 1 saturated heterocycles. The largest absolute Gasteiger partial charge is 0.399 e. The average Bonchev–Trinajstić information content (AvgIpc) is 2.92. The summed E-state index contributed by atoms with van der Waals surface area (Å²) in [5.41, 5.74) is 8.07. The topological polar surface area (TPSA) is 32.5 Å². The van der Waals surface area contributed by atoms with Gasteiger partial charge in [0.15, 0.2) is 0 Å². The quantitative estimate of drug-likeness (QED) is 0.740. The van der Waals surface area contributed by atoms with Crippen LogP contribution in [0.25, 0.3) is 0 Å². The molecule has 20 heavy (non-hydrogen) atoms. The minimum atomic E-state index is 0.871. The van der Waals surface area contributed by atoms with Crippen molar-refractivity contribution in [1.29, 1.82) is 0 Å². The van der Waals surface area contributed by atoms with Gasteiger partial charge in [0.25, 0.3) is 0 Å². The molecule has 1 aliphatic rings. The summed E-state index contributed by atoms with van der Waals surface area (Å²) in [6.45, 7) is 9.53. The second kappa shape index (κ2) is 8.28. The highest BCUT2D eigenvalue weighted by Crippen LogP contribution is 2.12. The first-order valence-corrected chi connectivity index (χ1v) is 8.07. The molecule has 1 aliphatic heterocycles. The van der Waals surface area contributed by atoms with E-state index >= 15 is 0 Å². The Morgan fingerprint density at radius 3 is 2.70 bits per heavy atom. The number of hydrogen-bond acceptors (Lipinski definition) is 3. The second-order valence-corrected chi connectivity index (χ2v) is 5.92. The van der Waals surface area contributed by atoms with Gasteiger partial charge in [-0.15, -0.1) is 0 Å². The predicted octanol–water partition coefficient (Wildman–Crippen LogP) is 2.97. The smallest absolute Gasteiger partial charge is 0.0317 e. The van der Waals surface area contributed by atoms with Crippen LogP contribution < -0.4 is 5.73 Å². The molecule has 3 nitrogen and oxygen atoms in total. The van der Waals surface area contributed by atoms with E-state index in [1.165, 1.54) is 64.0 Å². The maximum absolute atomic E-state index is 5.87. The van der Waals surface area contributed by atoms with Crippen molar-refractivity contribution >= 4 is 5.69 Å². The van der Waals surface area contributed by atoms with Gasteiger partial charge in [0, 0.05) is 12.2 Å². The number of likely N-dealkylation sites (tertiary alicyclic amines) is 1. The highest BCUT2D eigenvalue weighted by molar-refractivity contribution is 5.40. The molecule has 2 rings (SSSR count). The van der Waals surface area contributed by atoms with Crippen molar-refractivity contribution in [3.05, 3.63) is 29.8 Å². The molecule has 0 radical (unpaired) electrons. The fourth-order valence-electron chi connectivity index (χ4n) is 3.06. The van der Waals surface area contributed by atoms with Gasteiger partial charge < -0.3 is 10.6 Å². The molecule has 0 saturated carbocycles. The predicted molar refractivity (Wildman–Crippen MR) is 86.7 cm³/mol. The van der Waals surface area contributed by atoms with Gasteiger partial charge in [-0.25, -0.2) is 0 Å². The standard InChI is InChI=1S/C17H29N3/c1-2-9-20(13-6-12-19-10-3-4-11-19)15-16-7-5-8-17(18)14-16/h5,7-8,14H,2-4,6,9-13,15,18H2,1H3. The Morgan fingerprint density at radius 2 is 2.00 bits per heavy atom. The molecule has 0 bridgehead atoms. The van der Waals surface area contributed by atoms with Crippen LogP contribution in [-0.4, -0.2) is 42.5 Å². The van der Waals surface area contributed by atoms with E-state index in [1.807, 2.05) is 6.07 Å².